The molecule has 166 valence electrons. The number of halogens is 3. The molecule has 0 unspecified atom stereocenters. The first-order valence-electron chi connectivity index (χ1n) is 10.7. The third-order valence-corrected chi connectivity index (χ3v) is 6.00. The predicted molar refractivity (Wildman–Crippen MR) is 119 cm³/mol. The van der Waals surface area contributed by atoms with Crippen LogP contribution in [0, 0.1) is 24.4 Å². The Balaban J connectivity index is 1.54. The van der Waals surface area contributed by atoms with Crippen LogP contribution in [0.2, 0.25) is 0 Å². The molecule has 0 aliphatic carbocycles. The molecule has 0 bridgehead atoms. The van der Waals surface area contributed by atoms with E-state index >= 15 is 0 Å². The second kappa shape index (κ2) is 9.57. The van der Waals surface area contributed by atoms with Crippen molar-refractivity contribution in [3.8, 4) is 0 Å². The highest BCUT2D eigenvalue weighted by atomic mass is 19.1. The van der Waals surface area contributed by atoms with Crippen molar-refractivity contribution in [2.75, 3.05) is 18.0 Å². The van der Waals surface area contributed by atoms with Gasteiger partial charge in [0.05, 0.1) is 5.56 Å². The van der Waals surface area contributed by atoms with Gasteiger partial charge >= 0.3 is 0 Å². The summed E-state index contributed by atoms with van der Waals surface area (Å²) < 4.78 is 42.5. The zero-order valence-corrected chi connectivity index (χ0v) is 17.9. The van der Waals surface area contributed by atoms with E-state index in [0.29, 0.717) is 31.6 Å². The van der Waals surface area contributed by atoms with Crippen LogP contribution in [0.5, 0.6) is 0 Å². The molecule has 1 heterocycles. The smallest absolute Gasteiger partial charge is 0.261 e. The minimum atomic E-state index is -0.554. The third kappa shape index (κ3) is 4.70. The summed E-state index contributed by atoms with van der Waals surface area (Å²) in [6.45, 7) is 3.29. The van der Waals surface area contributed by atoms with Gasteiger partial charge < -0.3 is 4.90 Å². The van der Waals surface area contributed by atoms with Gasteiger partial charge in [-0.3, -0.25) is 9.69 Å². The van der Waals surface area contributed by atoms with E-state index in [1.54, 1.807) is 17.0 Å². The fourth-order valence-corrected chi connectivity index (χ4v) is 4.21. The fourth-order valence-electron chi connectivity index (χ4n) is 4.21. The molecule has 0 saturated carbocycles. The SMILES string of the molecule is Cc1ccc(N(C(=O)c2ccccc2F)C2CCN(Cc3c(F)cccc3F)CC2)cc1. The minimum absolute atomic E-state index is 0.0314. The van der Waals surface area contributed by atoms with Gasteiger partial charge in [-0.2, -0.15) is 0 Å². The van der Waals surface area contributed by atoms with Crippen molar-refractivity contribution < 1.29 is 18.0 Å². The molecule has 1 fully saturated rings. The molecule has 3 nitrogen and oxygen atoms in total. The molecule has 0 atom stereocenters. The first-order chi connectivity index (χ1) is 15.4. The first-order valence-corrected chi connectivity index (χ1v) is 10.7. The number of hydrogen-bond acceptors (Lipinski definition) is 2. The number of nitrogens with zero attached hydrogens (tertiary/aromatic N) is 2. The van der Waals surface area contributed by atoms with Gasteiger partial charge in [-0.05, 0) is 56.2 Å². The van der Waals surface area contributed by atoms with Crippen LogP contribution < -0.4 is 4.90 Å². The van der Waals surface area contributed by atoms with Gasteiger partial charge in [-0.15, -0.1) is 0 Å². The Hall–Kier alpha value is -3.12. The number of anilines is 1. The van der Waals surface area contributed by atoms with Crippen LogP contribution in [-0.2, 0) is 6.54 Å². The second-order valence-electron chi connectivity index (χ2n) is 8.20. The van der Waals surface area contributed by atoms with Crippen LogP contribution in [0.15, 0.2) is 66.7 Å². The lowest BCUT2D eigenvalue weighted by atomic mass is 9.99. The summed E-state index contributed by atoms with van der Waals surface area (Å²) in [6.07, 6.45) is 1.23. The molecule has 4 rings (SSSR count). The topological polar surface area (TPSA) is 23.6 Å². The van der Waals surface area contributed by atoms with Crippen LogP contribution in [-0.4, -0.2) is 29.9 Å². The van der Waals surface area contributed by atoms with Crippen molar-refractivity contribution in [2.45, 2.75) is 32.4 Å². The highest BCUT2D eigenvalue weighted by molar-refractivity contribution is 6.06. The Morgan fingerprint density at radius 1 is 0.875 bits per heavy atom. The average Bonchev–Trinajstić information content (AvgIpc) is 2.79. The summed E-state index contributed by atoms with van der Waals surface area (Å²) in [6, 6.07) is 17.3. The van der Waals surface area contributed by atoms with Crippen molar-refractivity contribution in [3.05, 3.63) is 101 Å². The van der Waals surface area contributed by atoms with Crippen molar-refractivity contribution >= 4 is 11.6 Å². The third-order valence-electron chi connectivity index (χ3n) is 6.00. The van der Waals surface area contributed by atoms with E-state index in [4.69, 9.17) is 0 Å². The number of amides is 1. The van der Waals surface area contributed by atoms with Crippen molar-refractivity contribution in [1.82, 2.24) is 4.90 Å². The molecule has 6 heteroatoms. The molecule has 1 aliphatic rings. The van der Waals surface area contributed by atoms with Gasteiger partial charge in [0.1, 0.15) is 17.5 Å². The van der Waals surface area contributed by atoms with Crippen LogP contribution in [0.4, 0.5) is 18.9 Å². The number of carbonyl (C=O) groups is 1. The maximum absolute atomic E-state index is 14.4. The number of aryl methyl sites for hydroxylation is 1. The largest absolute Gasteiger partial charge is 0.305 e. The van der Waals surface area contributed by atoms with Gasteiger partial charge in [0, 0.05) is 36.9 Å². The normalized spacial score (nSPS) is 15.0. The maximum Gasteiger partial charge on any atom is 0.261 e. The number of hydrogen-bond donors (Lipinski definition) is 0. The lowest BCUT2D eigenvalue weighted by Crippen LogP contribution is -2.47. The van der Waals surface area contributed by atoms with E-state index in [2.05, 4.69) is 0 Å². The number of likely N-dealkylation sites (tertiary alicyclic amines) is 1. The molecule has 0 radical (unpaired) electrons. The quantitative estimate of drug-likeness (QED) is 0.508. The van der Waals surface area contributed by atoms with Gasteiger partial charge in [-0.25, -0.2) is 13.2 Å². The van der Waals surface area contributed by atoms with Crippen LogP contribution >= 0.6 is 0 Å². The van der Waals surface area contributed by atoms with Crippen LogP contribution in [0.25, 0.3) is 0 Å². The molecule has 32 heavy (non-hydrogen) atoms. The Morgan fingerprint density at radius 2 is 1.47 bits per heavy atom. The molecular formula is C26H25F3N2O. The van der Waals surface area contributed by atoms with Gasteiger partial charge in [0.15, 0.2) is 0 Å². The molecule has 0 aromatic heterocycles. The summed E-state index contributed by atoms with van der Waals surface area (Å²) in [5.41, 5.74) is 1.86. The maximum atomic E-state index is 14.4. The molecule has 3 aromatic carbocycles. The Bertz CT molecular complexity index is 1070. The minimum Gasteiger partial charge on any atom is -0.305 e. The van der Waals surface area contributed by atoms with Gasteiger partial charge in [0.25, 0.3) is 5.91 Å². The van der Waals surface area contributed by atoms with Crippen molar-refractivity contribution in [3.63, 3.8) is 0 Å². The molecule has 0 spiro atoms. The summed E-state index contributed by atoms with van der Waals surface area (Å²) >= 11 is 0. The van der Waals surface area contributed by atoms with Crippen LogP contribution in [0.1, 0.15) is 34.3 Å². The zero-order valence-electron chi connectivity index (χ0n) is 17.9. The number of carbonyl (C=O) groups excluding carboxylic acids is 1. The summed E-state index contributed by atoms with van der Waals surface area (Å²) in [5, 5.41) is 0. The Kier molecular flexibility index (Phi) is 6.61. The van der Waals surface area contributed by atoms with Crippen molar-refractivity contribution in [2.24, 2.45) is 0 Å². The lowest BCUT2D eigenvalue weighted by molar-refractivity contribution is 0.0954. The highest BCUT2D eigenvalue weighted by Crippen LogP contribution is 2.28. The van der Waals surface area contributed by atoms with Crippen molar-refractivity contribution in [1.29, 1.82) is 0 Å². The second-order valence-corrected chi connectivity index (χ2v) is 8.20. The van der Waals surface area contributed by atoms with E-state index in [9.17, 15) is 18.0 Å². The molecular weight excluding hydrogens is 413 g/mol. The van der Waals surface area contributed by atoms with E-state index in [1.165, 1.54) is 30.3 Å². The number of rotatable bonds is 5. The predicted octanol–water partition coefficient (Wildman–Crippen LogP) is 5.72. The molecule has 0 N–H and O–H groups in total. The van der Waals surface area contributed by atoms with E-state index in [0.717, 1.165) is 5.56 Å². The number of piperidine rings is 1. The summed E-state index contributed by atoms with van der Waals surface area (Å²) in [4.78, 5) is 17.0. The molecule has 3 aromatic rings. The van der Waals surface area contributed by atoms with Crippen LogP contribution in [0.3, 0.4) is 0 Å². The van der Waals surface area contributed by atoms with E-state index in [-0.39, 0.29) is 29.6 Å². The Labute approximate surface area is 186 Å². The van der Waals surface area contributed by atoms with Gasteiger partial charge in [0.2, 0.25) is 0 Å². The molecule has 1 aliphatic heterocycles. The van der Waals surface area contributed by atoms with Gasteiger partial charge in [-0.1, -0.05) is 35.9 Å². The molecule has 1 saturated heterocycles. The summed E-state index contributed by atoms with van der Waals surface area (Å²) in [7, 11) is 0. The highest BCUT2D eigenvalue weighted by Gasteiger charge is 2.31. The monoisotopic (exact) mass is 438 g/mol. The fraction of sp³-hybridized carbons (Fsp3) is 0.269. The van der Waals surface area contributed by atoms with E-state index < -0.39 is 17.5 Å². The first kappa shape index (κ1) is 22.1. The Morgan fingerprint density at radius 3 is 2.09 bits per heavy atom. The van der Waals surface area contributed by atoms with E-state index in [1.807, 2.05) is 36.1 Å². The molecule has 1 amide bonds. The zero-order chi connectivity index (χ0) is 22.7. The number of benzene rings is 3. The summed E-state index contributed by atoms with van der Waals surface area (Å²) in [5.74, 6) is -2.04. The average molecular weight is 438 g/mol. The lowest BCUT2D eigenvalue weighted by Gasteiger charge is -2.38. The standard InChI is InChI=1S/C26H25F3N2O/c1-18-9-11-19(12-10-18)31(26(32)21-5-2-3-6-23(21)27)20-13-15-30(16-14-20)17-22-24(28)7-4-8-25(22)29/h2-12,20H,13-17H2,1H3.